The lowest BCUT2D eigenvalue weighted by molar-refractivity contribution is -0.384. The number of nitriles is 1. The van der Waals surface area contributed by atoms with Gasteiger partial charge in [0.15, 0.2) is 0 Å². The van der Waals surface area contributed by atoms with E-state index in [4.69, 9.17) is 10.5 Å². The summed E-state index contributed by atoms with van der Waals surface area (Å²) in [6.45, 7) is 0. The van der Waals surface area contributed by atoms with Gasteiger partial charge in [0.05, 0.1) is 22.1 Å². The van der Waals surface area contributed by atoms with E-state index in [0.717, 1.165) is 10.0 Å². The molecule has 0 saturated carbocycles. The van der Waals surface area contributed by atoms with E-state index in [1.807, 2.05) is 24.3 Å². The smallest absolute Gasteiger partial charge is 0.269 e. The molecular formula is C19H12BrN5O3. The zero-order valence-corrected chi connectivity index (χ0v) is 15.8. The highest BCUT2D eigenvalue weighted by Crippen LogP contribution is 2.45. The fraction of sp³-hybridized carbons (Fsp3) is 0.0526. The van der Waals surface area contributed by atoms with Crippen LogP contribution in [-0.4, -0.2) is 15.1 Å². The molecule has 0 bridgehead atoms. The second-order valence-electron chi connectivity index (χ2n) is 6.10. The Balaban J connectivity index is 1.90. The molecule has 9 heteroatoms. The van der Waals surface area contributed by atoms with Gasteiger partial charge in [-0.05, 0) is 17.7 Å². The molecule has 8 nitrogen and oxygen atoms in total. The molecule has 28 heavy (non-hydrogen) atoms. The van der Waals surface area contributed by atoms with E-state index < -0.39 is 10.8 Å². The zero-order chi connectivity index (χ0) is 19.8. The highest BCUT2D eigenvalue weighted by Gasteiger charge is 2.35. The number of fused-ring (bicyclic) bond motifs is 1. The lowest BCUT2D eigenvalue weighted by Gasteiger charge is -2.24. The third-order valence-electron chi connectivity index (χ3n) is 4.51. The van der Waals surface area contributed by atoms with Crippen LogP contribution in [0.15, 0.2) is 64.5 Å². The summed E-state index contributed by atoms with van der Waals surface area (Å²) in [5.74, 6) is -0.322. The minimum atomic E-state index is -0.563. The monoisotopic (exact) mass is 437 g/mol. The number of aromatic amines is 1. The summed E-state index contributed by atoms with van der Waals surface area (Å²) in [6.07, 6.45) is 0. The molecule has 0 saturated heterocycles. The summed E-state index contributed by atoms with van der Waals surface area (Å²) in [5, 5.41) is 27.8. The summed E-state index contributed by atoms with van der Waals surface area (Å²) < 4.78 is 6.48. The minimum Gasteiger partial charge on any atom is -0.420 e. The Hall–Kier alpha value is -3.64. The Morgan fingerprint density at radius 3 is 2.50 bits per heavy atom. The van der Waals surface area contributed by atoms with Gasteiger partial charge in [-0.25, -0.2) is 0 Å². The van der Waals surface area contributed by atoms with Gasteiger partial charge in [-0.2, -0.15) is 5.26 Å². The van der Waals surface area contributed by atoms with Gasteiger partial charge in [0.25, 0.3) is 5.69 Å². The average Bonchev–Trinajstić information content (AvgIpc) is 3.10. The first kappa shape index (κ1) is 17.8. The molecule has 1 aliphatic heterocycles. The normalized spacial score (nSPS) is 15.5. The highest BCUT2D eigenvalue weighted by molar-refractivity contribution is 9.10. The molecule has 3 aromatic rings. The van der Waals surface area contributed by atoms with E-state index in [-0.39, 0.29) is 23.0 Å². The molecule has 1 aliphatic rings. The van der Waals surface area contributed by atoms with Gasteiger partial charge in [0.1, 0.15) is 11.6 Å². The van der Waals surface area contributed by atoms with E-state index >= 15 is 0 Å². The van der Waals surface area contributed by atoms with Crippen LogP contribution in [-0.2, 0) is 0 Å². The first-order valence-corrected chi connectivity index (χ1v) is 8.95. The standard InChI is InChI=1S/C19H12BrN5O3/c20-12-5-1-11(2-6-12)17-16-15(10-3-7-13(8-4-10)25(26)27)14(9-21)18(22)28-19(16)24-23-17/h1-8,15H,22H2,(H,23,24). The maximum Gasteiger partial charge on any atom is 0.269 e. The number of halogens is 1. The second kappa shape index (κ2) is 6.83. The largest absolute Gasteiger partial charge is 0.420 e. The predicted octanol–water partition coefficient (Wildman–Crippen LogP) is 3.97. The van der Waals surface area contributed by atoms with Crippen molar-refractivity contribution in [3.05, 3.63) is 85.7 Å². The lowest BCUT2D eigenvalue weighted by Crippen LogP contribution is -2.21. The van der Waals surface area contributed by atoms with Gasteiger partial charge >= 0.3 is 0 Å². The number of nitrogens with zero attached hydrogens (tertiary/aromatic N) is 3. The number of ether oxygens (including phenoxy) is 1. The topological polar surface area (TPSA) is 131 Å². The van der Waals surface area contributed by atoms with E-state index in [9.17, 15) is 15.4 Å². The van der Waals surface area contributed by atoms with Crippen LogP contribution >= 0.6 is 15.9 Å². The molecule has 1 unspecified atom stereocenters. The van der Waals surface area contributed by atoms with Crippen molar-refractivity contribution in [3.63, 3.8) is 0 Å². The molecule has 138 valence electrons. The predicted molar refractivity (Wildman–Crippen MR) is 104 cm³/mol. The Morgan fingerprint density at radius 2 is 1.89 bits per heavy atom. The quantitative estimate of drug-likeness (QED) is 0.470. The molecule has 2 aromatic carbocycles. The van der Waals surface area contributed by atoms with Crippen LogP contribution in [0.1, 0.15) is 17.0 Å². The van der Waals surface area contributed by atoms with Crippen LogP contribution < -0.4 is 10.5 Å². The van der Waals surface area contributed by atoms with Gasteiger partial charge in [-0.15, -0.1) is 5.10 Å². The van der Waals surface area contributed by atoms with Crippen molar-refractivity contribution < 1.29 is 9.66 Å². The van der Waals surface area contributed by atoms with E-state index in [2.05, 4.69) is 32.2 Å². The van der Waals surface area contributed by atoms with Crippen molar-refractivity contribution >= 4 is 21.6 Å². The van der Waals surface area contributed by atoms with E-state index in [1.165, 1.54) is 12.1 Å². The molecular weight excluding hydrogens is 426 g/mol. The maximum absolute atomic E-state index is 11.0. The summed E-state index contributed by atoms with van der Waals surface area (Å²) in [7, 11) is 0. The molecule has 0 fully saturated rings. The number of nitrogens with one attached hydrogen (secondary N) is 1. The first-order chi connectivity index (χ1) is 13.5. The SMILES string of the molecule is N#CC1=C(N)Oc2n[nH]c(-c3ccc(Br)cc3)c2C1c1ccc([N+](=O)[O-])cc1. The van der Waals surface area contributed by atoms with Crippen molar-refractivity contribution in [1.82, 2.24) is 10.2 Å². The number of hydrogen-bond acceptors (Lipinski definition) is 6. The van der Waals surface area contributed by atoms with Gasteiger partial charge in [-0.1, -0.05) is 40.2 Å². The summed E-state index contributed by atoms with van der Waals surface area (Å²) in [5.41, 5.74) is 9.00. The number of nitrogens with two attached hydrogens (primary N) is 1. The van der Waals surface area contributed by atoms with Crippen LogP contribution in [0, 0.1) is 21.4 Å². The molecule has 2 heterocycles. The van der Waals surface area contributed by atoms with Crippen molar-refractivity contribution in [3.8, 4) is 23.2 Å². The number of benzene rings is 2. The molecule has 0 radical (unpaired) electrons. The summed E-state index contributed by atoms with van der Waals surface area (Å²) >= 11 is 3.41. The average molecular weight is 438 g/mol. The third kappa shape index (κ3) is 2.90. The number of allylic oxidation sites excluding steroid dienone is 1. The van der Waals surface area contributed by atoms with Gasteiger partial charge < -0.3 is 10.5 Å². The van der Waals surface area contributed by atoms with Gasteiger partial charge in [0, 0.05) is 22.2 Å². The molecule has 0 aliphatic carbocycles. The van der Waals surface area contributed by atoms with Crippen molar-refractivity contribution in [2.45, 2.75) is 5.92 Å². The van der Waals surface area contributed by atoms with Crippen LogP contribution in [0.2, 0.25) is 0 Å². The number of aromatic nitrogens is 2. The summed E-state index contributed by atoms with van der Waals surface area (Å²) in [6, 6.07) is 15.7. The molecule has 0 spiro atoms. The number of rotatable bonds is 3. The molecule has 1 aromatic heterocycles. The van der Waals surface area contributed by atoms with E-state index in [1.54, 1.807) is 12.1 Å². The van der Waals surface area contributed by atoms with Crippen LogP contribution in [0.5, 0.6) is 5.88 Å². The Bertz CT molecular complexity index is 1140. The van der Waals surface area contributed by atoms with Crippen LogP contribution in [0.25, 0.3) is 11.3 Å². The summed E-state index contributed by atoms with van der Waals surface area (Å²) in [4.78, 5) is 10.5. The molecule has 0 amide bonds. The highest BCUT2D eigenvalue weighted by atomic mass is 79.9. The Kier molecular flexibility index (Phi) is 4.33. The molecule has 3 N–H and O–H groups in total. The zero-order valence-electron chi connectivity index (χ0n) is 14.2. The third-order valence-corrected chi connectivity index (χ3v) is 5.04. The van der Waals surface area contributed by atoms with Crippen LogP contribution in [0.4, 0.5) is 5.69 Å². The number of nitro benzene ring substituents is 1. The fourth-order valence-electron chi connectivity index (χ4n) is 3.20. The first-order valence-electron chi connectivity index (χ1n) is 8.15. The minimum absolute atomic E-state index is 0.0350. The number of nitro groups is 1. The Morgan fingerprint density at radius 1 is 1.21 bits per heavy atom. The fourth-order valence-corrected chi connectivity index (χ4v) is 3.47. The molecule has 4 rings (SSSR count). The van der Waals surface area contributed by atoms with Crippen molar-refractivity contribution in [1.29, 1.82) is 5.26 Å². The Labute approximate surface area is 167 Å². The second-order valence-corrected chi connectivity index (χ2v) is 7.01. The number of non-ortho nitro benzene ring substituents is 1. The lowest BCUT2D eigenvalue weighted by atomic mass is 9.83. The number of hydrogen-bond donors (Lipinski definition) is 2. The van der Waals surface area contributed by atoms with E-state index in [0.29, 0.717) is 16.8 Å². The van der Waals surface area contributed by atoms with Crippen LogP contribution in [0.3, 0.4) is 0 Å². The molecule has 1 atom stereocenters. The van der Waals surface area contributed by atoms with Gasteiger partial charge in [-0.3, -0.25) is 15.2 Å². The maximum atomic E-state index is 11.0. The van der Waals surface area contributed by atoms with Crippen molar-refractivity contribution in [2.24, 2.45) is 5.73 Å². The number of H-pyrrole nitrogens is 1. The van der Waals surface area contributed by atoms with Crippen molar-refractivity contribution in [2.75, 3.05) is 0 Å². The van der Waals surface area contributed by atoms with Gasteiger partial charge in [0.2, 0.25) is 11.8 Å².